The van der Waals surface area contributed by atoms with Gasteiger partial charge in [-0.1, -0.05) is 23.2 Å². The Bertz CT molecular complexity index is 718. The van der Waals surface area contributed by atoms with E-state index in [9.17, 15) is 13.2 Å². The van der Waals surface area contributed by atoms with Crippen LogP contribution in [0.15, 0.2) is 6.07 Å². The molecule has 1 aromatic heterocycles. The fourth-order valence-electron chi connectivity index (χ4n) is 2.99. The van der Waals surface area contributed by atoms with Crippen LogP contribution in [0.1, 0.15) is 10.5 Å². The van der Waals surface area contributed by atoms with E-state index in [1.165, 1.54) is 14.7 Å². The van der Waals surface area contributed by atoms with Gasteiger partial charge in [0.05, 0.1) is 5.02 Å². The van der Waals surface area contributed by atoms with Crippen molar-refractivity contribution >= 4 is 39.3 Å². The number of rotatable bonds is 3. The second-order valence-electron chi connectivity index (χ2n) is 6.25. The Labute approximate surface area is 157 Å². The molecule has 3 rings (SSSR count). The lowest BCUT2D eigenvalue weighted by Crippen LogP contribution is -2.57. The van der Waals surface area contributed by atoms with Crippen molar-refractivity contribution in [3.63, 3.8) is 0 Å². The van der Waals surface area contributed by atoms with Gasteiger partial charge >= 0.3 is 0 Å². The Morgan fingerprint density at radius 2 is 1.52 bits per heavy atom. The van der Waals surface area contributed by atoms with Crippen LogP contribution in [-0.4, -0.2) is 97.1 Å². The number of aromatic nitrogens is 1. The molecular formula is C14H21Cl2N5O3S. The van der Waals surface area contributed by atoms with Crippen LogP contribution in [0.5, 0.6) is 0 Å². The molecule has 140 valence electrons. The third-order valence-electron chi connectivity index (χ3n) is 4.60. The fraction of sp³-hybridized carbons (Fsp3) is 0.643. The number of halogens is 2. The van der Waals surface area contributed by atoms with Crippen molar-refractivity contribution in [1.29, 1.82) is 0 Å². The number of piperazine rings is 2. The summed E-state index contributed by atoms with van der Waals surface area (Å²) in [7, 11) is -1.49. The van der Waals surface area contributed by atoms with Crippen LogP contribution in [-0.2, 0) is 10.2 Å². The van der Waals surface area contributed by atoms with Gasteiger partial charge in [-0.05, 0) is 13.1 Å². The topological polar surface area (TPSA) is 80.0 Å². The van der Waals surface area contributed by atoms with Gasteiger partial charge in [0.2, 0.25) is 0 Å². The van der Waals surface area contributed by atoms with E-state index >= 15 is 0 Å². The zero-order valence-electron chi connectivity index (χ0n) is 13.9. The molecule has 0 bridgehead atoms. The van der Waals surface area contributed by atoms with E-state index in [2.05, 4.69) is 9.88 Å². The van der Waals surface area contributed by atoms with Crippen molar-refractivity contribution in [2.75, 3.05) is 59.4 Å². The van der Waals surface area contributed by atoms with Crippen LogP contribution in [0, 0.1) is 0 Å². The average molecular weight is 410 g/mol. The number of aromatic amines is 1. The molecule has 3 heterocycles. The number of carbonyl (C=O) groups is 1. The Morgan fingerprint density at radius 1 is 1.00 bits per heavy atom. The van der Waals surface area contributed by atoms with Gasteiger partial charge in [0.1, 0.15) is 10.8 Å². The van der Waals surface area contributed by atoms with Crippen molar-refractivity contribution in [1.82, 2.24) is 23.4 Å². The largest absolute Gasteiger partial charge is 0.340 e. The molecule has 0 unspecified atom stereocenters. The predicted molar refractivity (Wildman–Crippen MR) is 96.3 cm³/mol. The highest BCUT2D eigenvalue weighted by Crippen LogP contribution is 2.23. The second kappa shape index (κ2) is 7.42. The van der Waals surface area contributed by atoms with Gasteiger partial charge in [0.25, 0.3) is 16.1 Å². The number of amides is 1. The third-order valence-corrected chi connectivity index (χ3v) is 7.32. The van der Waals surface area contributed by atoms with E-state index in [-0.39, 0.29) is 24.1 Å². The molecule has 0 radical (unpaired) electrons. The van der Waals surface area contributed by atoms with Crippen LogP contribution in [0.3, 0.4) is 0 Å². The highest BCUT2D eigenvalue weighted by atomic mass is 35.5. The van der Waals surface area contributed by atoms with Gasteiger partial charge in [-0.25, -0.2) is 0 Å². The summed E-state index contributed by atoms with van der Waals surface area (Å²) in [6.07, 6.45) is 0. The summed E-state index contributed by atoms with van der Waals surface area (Å²) in [6.45, 7) is 3.68. The Balaban J connectivity index is 1.60. The molecule has 2 saturated heterocycles. The maximum absolute atomic E-state index is 12.7. The molecular weight excluding hydrogens is 389 g/mol. The molecule has 11 heteroatoms. The first kappa shape index (κ1) is 18.9. The smallest absolute Gasteiger partial charge is 0.282 e. The summed E-state index contributed by atoms with van der Waals surface area (Å²) in [6, 6.07) is 1.49. The van der Waals surface area contributed by atoms with Crippen molar-refractivity contribution in [2.45, 2.75) is 0 Å². The normalized spacial score (nSPS) is 21.6. The average Bonchev–Trinajstić information content (AvgIpc) is 2.94. The summed E-state index contributed by atoms with van der Waals surface area (Å²) in [4.78, 5) is 18.9. The van der Waals surface area contributed by atoms with Crippen LogP contribution in [0.4, 0.5) is 0 Å². The number of nitrogens with zero attached hydrogens (tertiary/aromatic N) is 4. The SMILES string of the molecule is CN1CCN(S(=O)(=O)N2CCN(C(=O)c3cc(Cl)c(Cl)[nH]3)CC2)CC1. The molecule has 0 saturated carbocycles. The lowest BCUT2D eigenvalue weighted by Gasteiger charge is -2.39. The number of hydrogen-bond acceptors (Lipinski definition) is 4. The molecule has 0 aromatic carbocycles. The maximum atomic E-state index is 12.7. The van der Waals surface area contributed by atoms with E-state index in [1.807, 2.05) is 7.05 Å². The Kier molecular flexibility index (Phi) is 5.62. The molecule has 0 spiro atoms. The lowest BCUT2D eigenvalue weighted by molar-refractivity contribution is 0.0687. The van der Waals surface area contributed by atoms with Gasteiger partial charge in [0.15, 0.2) is 0 Å². The molecule has 1 amide bonds. The van der Waals surface area contributed by atoms with Crippen molar-refractivity contribution in [3.05, 3.63) is 21.9 Å². The van der Waals surface area contributed by atoms with Gasteiger partial charge in [-0.3, -0.25) is 4.79 Å². The van der Waals surface area contributed by atoms with Crippen molar-refractivity contribution in [2.24, 2.45) is 0 Å². The van der Waals surface area contributed by atoms with Gasteiger partial charge < -0.3 is 14.8 Å². The molecule has 0 aliphatic carbocycles. The molecule has 2 aliphatic heterocycles. The second-order valence-corrected chi connectivity index (χ2v) is 8.96. The Morgan fingerprint density at radius 3 is 2.00 bits per heavy atom. The number of nitrogens with one attached hydrogen (secondary N) is 1. The zero-order valence-corrected chi connectivity index (χ0v) is 16.2. The molecule has 2 aliphatic rings. The van der Waals surface area contributed by atoms with Crippen LogP contribution >= 0.6 is 23.2 Å². The first-order valence-electron chi connectivity index (χ1n) is 8.06. The first-order chi connectivity index (χ1) is 11.8. The van der Waals surface area contributed by atoms with Crippen LogP contribution in [0.2, 0.25) is 10.2 Å². The molecule has 2 fully saturated rings. The zero-order chi connectivity index (χ0) is 18.2. The summed E-state index contributed by atoms with van der Waals surface area (Å²) < 4.78 is 28.4. The summed E-state index contributed by atoms with van der Waals surface area (Å²) >= 11 is 11.7. The molecule has 0 atom stereocenters. The highest BCUT2D eigenvalue weighted by Gasteiger charge is 2.35. The molecule has 25 heavy (non-hydrogen) atoms. The number of likely N-dealkylation sites (N-methyl/N-ethyl adjacent to an activating group) is 1. The highest BCUT2D eigenvalue weighted by molar-refractivity contribution is 7.86. The van der Waals surface area contributed by atoms with Crippen LogP contribution < -0.4 is 0 Å². The monoisotopic (exact) mass is 409 g/mol. The summed E-state index contributed by atoms with van der Waals surface area (Å²) in [5.74, 6) is -0.231. The van der Waals surface area contributed by atoms with E-state index < -0.39 is 10.2 Å². The maximum Gasteiger partial charge on any atom is 0.282 e. The Hall–Kier alpha value is -0.840. The summed E-state index contributed by atoms with van der Waals surface area (Å²) in [5, 5.41) is 0.516. The third kappa shape index (κ3) is 3.96. The first-order valence-corrected chi connectivity index (χ1v) is 10.2. The van der Waals surface area contributed by atoms with E-state index in [0.29, 0.717) is 36.9 Å². The van der Waals surface area contributed by atoms with Crippen LogP contribution in [0.25, 0.3) is 0 Å². The van der Waals surface area contributed by atoms with E-state index in [4.69, 9.17) is 23.2 Å². The van der Waals surface area contributed by atoms with E-state index in [0.717, 1.165) is 13.1 Å². The minimum absolute atomic E-state index is 0.223. The standard InChI is InChI=1S/C14H21Cl2N5O3S/c1-18-2-6-20(7-3-18)25(23,24)21-8-4-19(5-9-21)14(22)12-10-11(15)13(16)17-12/h10,17H,2-9H2,1H3. The predicted octanol–water partition coefficient (Wildman–Crippen LogP) is 0.572. The molecule has 1 aromatic rings. The molecule has 8 nitrogen and oxygen atoms in total. The van der Waals surface area contributed by atoms with Gasteiger partial charge in [-0.15, -0.1) is 0 Å². The number of carbonyl (C=O) groups excluding carboxylic acids is 1. The minimum atomic E-state index is -3.47. The van der Waals surface area contributed by atoms with Gasteiger partial charge in [0, 0.05) is 52.4 Å². The summed E-state index contributed by atoms with van der Waals surface area (Å²) in [5.41, 5.74) is 0.311. The molecule has 1 N–H and O–H groups in total. The lowest BCUT2D eigenvalue weighted by atomic mass is 10.3. The quantitative estimate of drug-likeness (QED) is 0.791. The number of H-pyrrole nitrogens is 1. The van der Waals surface area contributed by atoms with Crippen molar-refractivity contribution < 1.29 is 13.2 Å². The number of hydrogen-bond donors (Lipinski definition) is 1. The van der Waals surface area contributed by atoms with E-state index in [1.54, 1.807) is 4.90 Å². The fourth-order valence-corrected chi connectivity index (χ4v) is 4.88. The minimum Gasteiger partial charge on any atom is -0.340 e. The van der Waals surface area contributed by atoms with Crippen molar-refractivity contribution in [3.8, 4) is 0 Å². The van der Waals surface area contributed by atoms with Gasteiger partial charge in [-0.2, -0.15) is 17.0 Å².